The van der Waals surface area contributed by atoms with Crippen LogP contribution in [0.4, 0.5) is 10.3 Å². The van der Waals surface area contributed by atoms with Crippen molar-refractivity contribution in [3.63, 3.8) is 0 Å². The topological polar surface area (TPSA) is 50.2 Å². The minimum atomic E-state index is -0.223. The molecule has 5 rings (SSSR count). The smallest absolute Gasteiger partial charge is 0.204 e. The van der Waals surface area contributed by atoms with Gasteiger partial charge in [-0.25, -0.2) is 9.37 Å². The predicted molar refractivity (Wildman–Crippen MR) is 129 cm³/mol. The van der Waals surface area contributed by atoms with Gasteiger partial charge in [0, 0.05) is 31.2 Å². The summed E-state index contributed by atoms with van der Waals surface area (Å²) >= 11 is 0. The van der Waals surface area contributed by atoms with Crippen LogP contribution in [0.1, 0.15) is 34.3 Å². The molecule has 3 aromatic carbocycles. The van der Waals surface area contributed by atoms with Gasteiger partial charge in [0.1, 0.15) is 12.1 Å². The van der Waals surface area contributed by atoms with Crippen LogP contribution in [0.3, 0.4) is 0 Å². The highest BCUT2D eigenvalue weighted by molar-refractivity contribution is 5.78. The number of hydrogen-bond acceptors (Lipinski definition) is 4. The fraction of sp³-hybridized carbons (Fsp3) is 0.259. The summed E-state index contributed by atoms with van der Waals surface area (Å²) in [5.41, 5.74) is 5.01. The highest BCUT2D eigenvalue weighted by Crippen LogP contribution is 2.24. The van der Waals surface area contributed by atoms with E-state index in [1.165, 1.54) is 17.7 Å². The van der Waals surface area contributed by atoms with Gasteiger partial charge < -0.3 is 9.88 Å². The second-order valence-corrected chi connectivity index (χ2v) is 8.69. The van der Waals surface area contributed by atoms with E-state index < -0.39 is 0 Å². The highest BCUT2D eigenvalue weighted by Gasteiger charge is 2.21. The van der Waals surface area contributed by atoms with E-state index in [9.17, 15) is 9.18 Å². The van der Waals surface area contributed by atoms with E-state index in [1.54, 1.807) is 0 Å². The molecule has 4 aromatic rings. The number of anilines is 1. The molecule has 168 valence electrons. The Bertz CT molecular complexity index is 1230. The lowest BCUT2D eigenvalue weighted by atomic mass is 10.0. The molecule has 5 nitrogen and oxygen atoms in total. The Morgan fingerprint density at radius 2 is 1.58 bits per heavy atom. The van der Waals surface area contributed by atoms with Crippen molar-refractivity contribution in [2.24, 2.45) is 0 Å². The third kappa shape index (κ3) is 4.96. The molecule has 0 aliphatic carbocycles. The van der Waals surface area contributed by atoms with Gasteiger partial charge >= 0.3 is 0 Å². The molecule has 1 aromatic heterocycles. The lowest BCUT2D eigenvalue weighted by molar-refractivity contribution is 0.112. The zero-order valence-electron chi connectivity index (χ0n) is 18.5. The van der Waals surface area contributed by atoms with Crippen LogP contribution < -0.4 is 5.32 Å². The second-order valence-electron chi connectivity index (χ2n) is 8.69. The van der Waals surface area contributed by atoms with E-state index in [4.69, 9.17) is 4.98 Å². The fourth-order valence-electron chi connectivity index (χ4n) is 4.50. The molecular formula is C27H27FN4O. The van der Waals surface area contributed by atoms with Crippen molar-refractivity contribution in [1.29, 1.82) is 0 Å². The molecule has 0 radical (unpaired) electrons. The van der Waals surface area contributed by atoms with E-state index in [-0.39, 0.29) is 5.82 Å². The molecule has 1 aliphatic rings. The molecule has 0 amide bonds. The van der Waals surface area contributed by atoms with Crippen molar-refractivity contribution in [1.82, 2.24) is 14.5 Å². The maximum Gasteiger partial charge on any atom is 0.204 e. The van der Waals surface area contributed by atoms with Gasteiger partial charge in [-0.15, -0.1) is 0 Å². The van der Waals surface area contributed by atoms with Crippen molar-refractivity contribution in [2.45, 2.75) is 32.0 Å². The van der Waals surface area contributed by atoms with Crippen molar-refractivity contribution in [2.75, 3.05) is 18.4 Å². The molecule has 1 fully saturated rings. The van der Waals surface area contributed by atoms with Crippen LogP contribution in [0.15, 0.2) is 72.8 Å². The van der Waals surface area contributed by atoms with E-state index >= 15 is 0 Å². The Morgan fingerprint density at radius 1 is 0.909 bits per heavy atom. The van der Waals surface area contributed by atoms with E-state index in [0.29, 0.717) is 18.2 Å². The quantitative estimate of drug-likeness (QED) is 0.404. The predicted octanol–water partition coefficient (Wildman–Crippen LogP) is 5.11. The van der Waals surface area contributed by atoms with Gasteiger partial charge in [0.15, 0.2) is 0 Å². The number of nitrogens with zero attached hydrogens (tertiary/aromatic N) is 3. The number of para-hydroxylation sites is 2. The SMILES string of the molecule is O=Cc1ccc(CN2CCC(Nc3nc4ccccc4n3Cc3ccc(F)cc3)CC2)cc1. The van der Waals surface area contributed by atoms with Gasteiger partial charge in [-0.2, -0.15) is 0 Å². The first kappa shape index (κ1) is 21.3. The second kappa shape index (κ2) is 9.55. The third-order valence-electron chi connectivity index (χ3n) is 6.35. The number of imidazole rings is 1. The van der Waals surface area contributed by atoms with Crippen LogP contribution >= 0.6 is 0 Å². The Balaban J connectivity index is 1.26. The molecule has 0 unspecified atom stereocenters. The number of aromatic nitrogens is 2. The number of benzene rings is 3. The van der Waals surface area contributed by atoms with E-state index in [1.807, 2.05) is 54.6 Å². The molecule has 33 heavy (non-hydrogen) atoms. The van der Waals surface area contributed by atoms with Crippen molar-refractivity contribution < 1.29 is 9.18 Å². The summed E-state index contributed by atoms with van der Waals surface area (Å²) in [5, 5.41) is 3.68. The Labute approximate surface area is 192 Å². The summed E-state index contributed by atoms with van der Waals surface area (Å²) in [5.74, 6) is 0.641. The molecule has 1 aliphatic heterocycles. The monoisotopic (exact) mass is 442 g/mol. The van der Waals surface area contributed by atoms with Gasteiger partial charge in [-0.05, 0) is 48.2 Å². The number of rotatable bonds is 7. The fourth-order valence-corrected chi connectivity index (χ4v) is 4.50. The molecular weight excluding hydrogens is 415 g/mol. The summed E-state index contributed by atoms with van der Waals surface area (Å²) < 4.78 is 15.5. The first-order chi connectivity index (χ1) is 16.2. The van der Waals surface area contributed by atoms with Crippen LogP contribution in [0.2, 0.25) is 0 Å². The van der Waals surface area contributed by atoms with Crippen LogP contribution in [0.25, 0.3) is 11.0 Å². The number of carbonyl (C=O) groups excluding carboxylic acids is 1. The molecule has 0 saturated carbocycles. The average molecular weight is 443 g/mol. The minimum absolute atomic E-state index is 0.223. The van der Waals surface area contributed by atoms with Crippen molar-refractivity contribution in [3.05, 3.63) is 95.3 Å². The first-order valence-corrected chi connectivity index (χ1v) is 11.4. The summed E-state index contributed by atoms with van der Waals surface area (Å²) in [6, 6.07) is 23.0. The Morgan fingerprint density at radius 3 is 2.30 bits per heavy atom. The Kier molecular flexibility index (Phi) is 6.17. The average Bonchev–Trinajstić information content (AvgIpc) is 3.19. The number of aldehydes is 1. The van der Waals surface area contributed by atoms with Crippen LogP contribution in [-0.2, 0) is 13.1 Å². The number of piperidine rings is 1. The zero-order valence-corrected chi connectivity index (χ0v) is 18.5. The summed E-state index contributed by atoms with van der Waals surface area (Å²) in [7, 11) is 0. The highest BCUT2D eigenvalue weighted by atomic mass is 19.1. The molecule has 0 atom stereocenters. The van der Waals surface area contributed by atoms with Crippen LogP contribution in [-0.4, -0.2) is 39.9 Å². The van der Waals surface area contributed by atoms with Gasteiger partial charge in [0.25, 0.3) is 0 Å². The molecule has 0 spiro atoms. The molecule has 1 saturated heterocycles. The van der Waals surface area contributed by atoms with Crippen molar-refractivity contribution in [3.8, 4) is 0 Å². The maximum atomic E-state index is 13.4. The number of nitrogens with one attached hydrogen (secondary N) is 1. The van der Waals surface area contributed by atoms with E-state index in [0.717, 1.165) is 61.3 Å². The van der Waals surface area contributed by atoms with Crippen LogP contribution in [0.5, 0.6) is 0 Å². The zero-order chi connectivity index (χ0) is 22.6. The van der Waals surface area contributed by atoms with Gasteiger partial charge in [-0.3, -0.25) is 9.69 Å². The number of carbonyl (C=O) groups is 1. The lowest BCUT2D eigenvalue weighted by Crippen LogP contribution is -2.39. The minimum Gasteiger partial charge on any atom is -0.353 e. The summed E-state index contributed by atoms with van der Waals surface area (Å²) in [6.45, 7) is 3.55. The third-order valence-corrected chi connectivity index (χ3v) is 6.35. The number of halogens is 1. The molecule has 1 N–H and O–H groups in total. The number of likely N-dealkylation sites (tertiary alicyclic amines) is 1. The van der Waals surface area contributed by atoms with Crippen LogP contribution in [0, 0.1) is 5.82 Å². The Hall–Kier alpha value is -3.51. The maximum absolute atomic E-state index is 13.4. The summed E-state index contributed by atoms with van der Waals surface area (Å²) in [6.07, 6.45) is 2.95. The normalized spacial score (nSPS) is 15.1. The van der Waals surface area contributed by atoms with Crippen molar-refractivity contribution >= 4 is 23.3 Å². The largest absolute Gasteiger partial charge is 0.353 e. The molecule has 6 heteroatoms. The van der Waals surface area contributed by atoms with Gasteiger partial charge in [-0.1, -0.05) is 48.5 Å². The first-order valence-electron chi connectivity index (χ1n) is 11.4. The number of fused-ring (bicyclic) bond motifs is 1. The lowest BCUT2D eigenvalue weighted by Gasteiger charge is -2.32. The summed E-state index contributed by atoms with van der Waals surface area (Å²) in [4.78, 5) is 18.2. The van der Waals surface area contributed by atoms with Gasteiger partial charge in [0.2, 0.25) is 5.95 Å². The number of hydrogen-bond donors (Lipinski definition) is 1. The van der Waals surface area contributed by atoms with E-state index in [2.05, 4.69) is 20.9 Å². The standard InChI is InChI=1S/C27H27FN4O/c28-23-11-9-21(10-12-23)18-32-26-4-2-1-3-25(26)30-27(32)29-24-13-15-31(16-14-24)17-20-5-7-22(19-33)8-6-20/h1-12,19,24H,13-18H2,(H,29,30). The molecule has 2 heterocycles. The molecule has 0 bridgehead atoms. The van der Waals surface area contributed by atoms with Gasteiger partial charge in [0.05, 0.1) is 17.6 Å².